The monoisotopic (exact) mass is 227 g/mol. The van der Waals surface area contributed by atoms with E-state index in [1.807, 2.05) is 0 Å². The van der Waals surface area contributed by atoms with Crippen LogP contribution in [-0.2, 0) is 4.79 Å². The van der Waals surface area contributed by atoms with Gasteiger partial charge in [-0.15, -0.1) is 0 Å². The molecule has 3 heteroatoms. The second kappa shape index (κ2) is 5.67. The number of hydrogen-bond donors (Lipinski definition) is 2. The highest BCUT2D eigenvalue weighted by Gasteiger charge is 2.32. The molecule has 0 saturated heterocycles. The lowest BCUT2D eigenvalue weighted by molar-refractivity contribution is -0.139. The first-order valence-corrected chi connectivity index (χ1v) is 6.40. The lowest BCUT2D eigenvalue weighted by Crippen LogP contribution is -2.49. The van der Waals surface area contributed by atoms with Gasteiger partial charge in [-0.25, -0.2) is 0 Å². The zero-order valence-electron chi connectivity index (χ0n) is 10.9. The molecule has 4 unspecified atom stereocenters. The van der Waals surface area contributed by atoms with E-state index in [1.54, 1.807) is 6.92 Å². The Morgan fingerprint density at radius 1 is 1.31 bits per heavy atom. The average Bonchev–Trinajstić information content (AvgIpc) is 2.16. The van der Waals surface area contributed by atoms with Crippen molar-refractivity contribution < 1.29 is 9.90 Å². The fourth-order valence-corrected chi connectivity index (χ4v) is 2.79. The SMILES string of the molecule is CC1CCC(C(C)C)C(NC(C)C(=O)O)C1. The van der Waals surface area contributed by atoms with Crippen LogP contribution in [0, 0.1) is 17.8 Å². The van der Waals surface area contributed by atoms with E-state index in [0.29, 0.717) is 23.8 Å². The van der Waals surface area contributed by atoms with Crippen LogP contribution in [0.3, 0.4) is 0 Å². The van der Waals surface area contributed by atoms with Crippen molar-refractivity contribution in [3.05, 3.63) is 0 Å². The van der Waals surface area contributed by atoms with Crippen molar-refractivity contribution in [1.82, 2.24) is 5.32 Å². The van der Waals surface area contributed by atoms with E-state index in [1.165, 1.54) is 12.8 Å². The fraction of sp³-hybridized carbons (Fsp3) is 0.923. The maximum Gasteiger partial charge on any atom is 0.320 e. The minimum absolute atomic E-state index is 0.370. The molecule has 1 aliphatic carbocycles. The van der Waals surface area contributed by atoms with Gasteiger partial charge in [0.05, 0.1) is 0 Å². The molecule has 0 radical (unpaired) electrons. The molecule has 0 aromatic carbocycles. The Bertz CT molecular complexity index is 240. The summed E-state index contributed by atoms with van der Waals surface area (Å²) < 4.78 is 0. The third kappa shape index (κ3) is 3.48. The summed E-state index contributed by atoms with van der Waals surface area (Å²) in [5.41, 5.74) is 0. The second-order valence-corrected chi connectivity index (χ2v) is 5.66. The highest BCUT2D eigenvalue weighted by molar-refractivity contribution is 5.72. The first kappa shape index (κ1) is 13.5. The molecule has 3 nitrogen and oxygen atoms in total. The van der Waals surface area contributed by atoms with E-state index in [0.717, 1.165) is 6.42 Å². The molecule has 4 atom stereocenters. The van der Waals surface area contributed by atoms with Crippen molar-refractivity contribution >= 4 is 5.97 Å². The smallest absolute Gasteiger partial charge is 0.320 e. The van der Waals surface area contributed by atoms with Crippen LogP contribution in [0.4, 0.5) is 0 Å². The predicted molar refractivity (Wildman–Crippen MR) is 65.4 cm³/mol. The number of carboxylic acid groups (broad SMARTS) is 1. The number of carboxylic acids is 1. The van der Waals surface area contributed by atoms with Gasteiger partial charge in [-0.1, -0.05) is 27.2 Å². The molecule has 1 fully saturated rings. The van der Waals surface area contributed by atoms with Crippen molar-refractivity contribution in [2.75, 3.05) is 0 Å². The summed E-state index contributed by atoms with van der Waals surface area (Å²) in [7, 11) is 0. The maximum absolute atomic E-state index is 10.9. The van der Waals surface area contributed by atoms with E-state index >= 15 is 0 Å². The Kier molecular flexibility index (Phi) is 4.78. The Labute approximate surface area is 98.6 Å². The van der Waals surface area contributed by atoms with Gasteiger partial charge < -0.3 is 10.4 Å². The van der Waals surface area contributed by atoms with Gasteiger partial charge in [0.25, 0.3) is 0 Å². The third-order valence-electron chi connectivity index (χ3n) is 3.86. The van der Waals surface area contributed by atoms with Gasteiger partial charge in [-0.05, 0) is 37.5 Å². The summed E-state index contributed by atoms with van der Waals surface area (Å²) in [5.74, 6) is 1.22. The molecule has 0 spiro atoms. The van der Waals surface area contributed by atoms with Crippen LogP contribution < -0.4 is 5.32 Å². The minimum Gasteiger partial charge on any atom is -0.480 e. The van der Waals surface area contributed by atoms with Gasteiger partial charge in [0.1, 0.15) is 6.04 Å². The lowest BCUT2D eigenvalue weighted by atomic mass is 9.74. The van der Waals surface area contributed by atoms with Crippen molar-refractivity contribution in [3.8, 4) is 0 Å². The number of carbonyl (C=O) groups is 1. The summed E-state index contributed by atoms with van der Waals surface area (Å²) in [6.45, 7) is 8.47. The zero-order chi connectivity index (χ0) is 12.3. The molecule has 1 aliphatic rings. The van der Waals surface area contributed by atoms with E-state index in [2.05, 4.69) is 26.1 Å². The molecule has 0 amide bonds. The predicted octanol–water partition coefficient (Wildman–Crippen LogP) is 2.51. The molecule has 1 rings (SSSR count). The molecular weight excluding hydrogens is 202 g/mol. The van der Waals surface area contributed by atoms with Crippen LogP contribution >= 0.6 is 0 Å². The molecule has 94 valence electrons. The van der Waals surface area contributed by atoms with E-state index in [4.69, 9.17) is 5.11 Å². The number of rotatable bonds is 4. The number of aliphatic carboxylic acids is 1. The highest BCUT2D eigenvalue weighted by atomic mass is 16.4. The van der Waals surface area contributed by atoms with E-state index in [-0.39, 0.29) is 0 Å². The molecule has 0 heterocycles. The Hall–Kier alpha value is -0.570. The van der Waals surface area contributed by atoms with Crippen LogP contribution in [0.25, 0.3) is 0 Å². The van der Waals surface area contributed by atoms with Crippen molar-refractivity contribution in [1.29, 1.82) is 0 Å². The van der Waals surface area contributed by atoms with Crippen LogP contribution in [0.15, 0.2) is 0 Å². The third-order valence-corrected chi connectivity index (χ3v) is 3.86. The molecule has 2 N–H and O–H groups in total. The van der Waals surface area contributed by atoms with Gasteiger partial charge in [-0.2, -0.15) is 0 Å². The number of hydrogen-bond acceptors (Lipinski definition) is 2. The van der Waals surface area contributed by atoms with Crippen molar-refractivity contribution in [2.24, 2.45) is 17.8 Å². The van der Waals surface area contributed by atoms with Gasteiger partial charge >= 0.3 is 5.97 Å². The standard InChI is InChI=1S/C13H25NO2/c1-8(2)11-6-5-9(3)7-12(11)14-10(4)13(15)16/h8-12,14H,5-7H2,1-4H3,(H,15,16). The summed E-state index contributed by atoms with van der Waals surface area (Å²) in [6.07, 6.45) is 3.62. The number of nitrogens with one attached hydrogen (secondary N) is 1. The maximum atomic E-state index is 10.9. The Morgan fingerprint density at radius 3 is 2.44 bits per heavy atom. The minimum atomic E-state index is -0.749. The Balaban J connectivity index is 2.60. The van der Waals surface area contributed by atoms with Gasteiger partial charge in [-0.3, -0.25) is 4.79 Å². The molecule has 1 saturated carbocycles. The van der Waals surface area contributed by atoms with E-state index < -0.39 is 12.0 Å². The van der Waals surface area contributed by atoms with Gasteiger partial charge in [0.2, 0.25) is 0 Å². The molecule has 0 aromatic rings. The van der Waals surface area contributed by atoms with Crippen LogP contribution in [0.5, 0.6) is 0 Å². The first-order chi connectivity index (χ1) is 7.41. The van der Waals surface area contributed by atoms with Gasteiger partial charge in [0.15, 0.2) is 0 Å². The highest BCUT2D eigenvalue weighted by Crippen LogP contribution is 2.33. The Morgan fingerprint density at radius 2 is 1.94 bits per heavy atom. The van der Waals surface area contributed by atoms with Crippen LogP contribution in [0.2, 0.25) is 0 Å². The molecule has 0 aliphatic heterocycles. The molecule has 16 heavy (non-hydrogen) atoms. The molecule has 0 bridgehead atoms. The lowest BCUT2D eigenvalue weighted by Gasteiger charge is -2.38. The van der Waals surface area contributed by atoms with E-state index in [9.17, 15) is 4.79 Å². The molecule has 0 aromatic heterocycles. The van der Waals surface area contributed by atoms with Crippen LogP contribution in [0.1, 0.15) is 47.0 Å². The zero-order valence-corrected chi connectivity index (χ0v) is 10.9. The largest absolute Gasteiger partial charge is 0.480 e. The van der Waals surface area contributed by atoms with Crippen LogP contribution in [-0.4, -0.2) is 23.2 Å². The normalized spacial score (nSPS) is 32.7. The van der Waals surface area contributed by atoms with Crippen molar-refractivity contribution in [2.45, 2.75) is 59.0 Å². The first-order valence-electron chi connectivity index (χ1n) is 6.40. The second-order valence-electron chi connectivity index (χ2n) is 5.66. The van der Waals surface area contributed by atoms with Gasteiger partial charge in [0, 0.05) is 6.04 Å². The van der Waals surface area contributed by atoms with Crippen molar-refractivity contribution in [3.63, 3.8) is 0 Å². The topological polar surface area (TPSA) is 49.3 Å². The summed E-state index contributed by atoms with van der Waals surface area (Å²) in [4.78, 5) is 10.9. The quantitative estimate of drug-likeness (QED) is 0.776. The summed E-state index contributed by atoms with van der Waals surface area (Å²) >= 11 is 0. The average molecular weight is 227 g/mol. The summed E-state index contributed by atoms with van der Waals surface area (Å²) in [6, 6.07) is -0.0635. The molecular formula is C13H25NO2. The summed E-state index contributed by atoms with van der Waals surface area (Å²) in [5, 5.41) is 12.2. The fourth-order valence-electron chi connectivity index (χ4n) is 2.79.